The smallest absolute Gasteiger partial charge is 0.314 e. The molecule has 0 aliphatic carbocycles. The van der Waals surface area contributed by atoms with Crippen LogP contribution in [0.15, 0.2) is 0 Å². The van der Waals surface area contributed by atoms with Crippen LogP contribution >= 0.6 is 0 Å². The van der Waals surface area contributed by atoms with Crippen molar-refractivity contribution in [3.05, 3.63) is 0 Å². The first-order chi connectivity index (χ1) is 6.45. The van der Waals surface area contributed by atoms with Crippen LogP contribution in [-0.4, -0.2) is 33.7 Å². The Morgan fingerprint density at radius 2 is 1.79 bits per heavy atom. The maximum atomic E-state index is 11.2. The van der Waals surface area contributed by atoms with Crippen molar-refractivity contribution in [3.8, 4) is 0 Å². The number of rotatable bonds is 6. The molecular weight excluding hydrogens is 194 g/mol. The Balaban J connectivity index is 3.36. The van der Waals surface area contributed by atoms with Gasteiger partial charge in [-0.15, -0.1) is 0 Å². The van der Waals surface area contributed by atoms with Crippen molar-refractivity contribution in [2.45, 2.75) is 32.1 Å². The lowest BCUT2D eigenvalue weighted by Gasteiger charge is -2.15. The molecule has 0 saturated carbocycles. The van der Waals surface area contributed by atoms with Gasteiger partial charge in [0, 0.05) is 21.2 Å². The molecule has 5 heteroatoms. The fourth-order valence-electron chi connectivity index (χ4n) is 0.918. The van der Waals surface area contributed by atoms with Crippen molar-refractivity contribution in [2.24, 2.45) is 5.73 Å². The Labute approximate surface area is 87.6 Å². The number of nitrogens with one attached hydrogen (secondary N) is 2. The number of urea groups is 1. The van der Waals surface area contributed by atoms with Gasteiger partial charge in [-0.3, -0.25) is 0 Å². The van der Waals surface area contributed by atoms with E-state index < -0.39 is 8.07 Å². The Morgan fingerprint density at radius 3 is 2.29 bits per heavy atom. The van der Waals surface area contributed by atoms with E-state index in [2.05, 4.69) is 30.3 Å². The Bertz CT molecular complexity index is 168. The van der Waals surface area contributed by atoms with Crippen LogP contribution in [0.3, 0.4) is 0 Å². The van der Waals surface area contributed by atoms with E-state index in [0.29, 0.717) is 13.1 Å². The maximum Gasteiger partial charge on any atom is 0.314 e. The molecule has 4 nitrogen and oxygen atoms in total. The highest BCUT2D eigenvalue weighted by Gasteiger charge is 2.12. The van der Waals surface area contributed by atoms with Crippen LogP contribution in [0.4, 0.5) is 4.79 Å². The molecule has 0 aliphatic rings. The lowest BCUT2D eigenvalue weighted by Crippen LogP contribution is -2.39. The Morgan fingerprint density at radius 1 is 1.21 bits per heavy atom. The second-order valence-corrected chi connectivity index (χ2v) is 10.3. The van der Waals surface area contributed by atoms with Gasteiger partial charge in [0.15, 0.2) is 0 Å². The zero-order chi connectivity index (χ0) is 11.0. The average molecular weight is 217 g/mol. The molecule has 2 amide bonds. The molecule has 0 rings (SSSR count). The van der Waals surface area contributed by atoms with Crippen LogP contribution in [0.5, 0.6) is 0 Å². The van der Waals surface area contributed by atoms with Gasteiger partial charge in [-0.05, 0) is 19.0 Å². The lowest BCUT2D eigenvalue weighted by atomic mass is 10.4. The Hall–Kier alpha value is -0.553. The van der Waals surface area contributed by atoms with Crippen LogP contribution in [0.1, 0.15) is 6.42 Å². The van der Waals surface area contributed by atoms with Gasteiger partial charge in [0.05, 0.1) is 0 Å². The number of hydrogen-bond donors (Lipinski definition) is 3. The van der Waals surface area contributed by atoms with Crippen LogP contribution < -0.4 is 16.4 Å². The number of hydrogen-bond acceptors (Lipinski definition) is 2. The number of carbonyl (C=O) groups is 1. The van der Waals surface area contributed by atoms with E-state index in [0.717, 1.165) is 19.0 Å². The molecule has 0 aromatic carbocycles. The largest absolute Gasteiger partial charge is 0.338 e. The molecule has 0 spiro atoms. The van der Waals surface area contributed by atoms with Gasteiger partial charge in [-0.25, -0.2) is 4.79 Å². The highest BCUT2D eigenvalue weighted by Crippen LogP contribution is 2.05. The molecule has 0 aliphatic heterocycles. The summed E-state index contributed by atoms with van der Waals surface area (Å²) in [6.45, 7) is 8.94. The van der Waals surface area contributed by atoms with E-state index in [1.807, 2.05) is 0 Å². The monoisotopic (exact) mass is 217 g/mol. The van der Waals surface area contributed by atoms with E-state index in [1.54, 1.807) is 0 Å². The minimum Gasteiger partial charge on any atom is -0.338 e. The highest BCUT2D eigenvalue weighted by atomic mass is 28.3. The summed E-state index contributed by atoms with van der Waals surface area (Å²) in [5, 5.41) is 5.60. The van der Waals surface area contributed by atoms with Gasteiger partial charge in [0.2, 0.25) is 0 Å². The fraction of sp³-hybridized carbons (Fsp3) is 0.889. The zero-order valence-electron chi connectivity index (χ0n) is 9.52. The van der Waals surface area contributed by atoms with Gasteiger partial charge >= 0.3 is 6.03 Å². The normalized spacial score (nSPS) is 11.1. The second-order valence-electron chi connectivity index (χ2n) is 4.64. The third-order valence-corrected chi connectivity index (χ3v) is 3.58. The summed E-state index contributed by atoms with van der Waals surface area (Å²) in [4.78, 5) is 11.2. The van der Waals surface area contributed by atoms with Gasteiger partial charge < -0.3 is 16.4 Å². The third kappa shape index (κ3) is 9.53. The summed E-state index contributed by atoms with van der Waals surface area (Å²) in [5.74, 6) is 0. The zero-order valence-corrected chi connectivity index (χ0v) is 10.5. The Kier molecular flexibility index (Phi) is 6.57. The van der Waals surface area contributed by atoms with Crippen molar-refractivity contribution in [2.75, 3.05) is 19.6 Å². The molecule has 0 bridgehead atoms. The molecule has 0 saturated heterocycles. The van der Waals surface area contributed by atoms with Crippen LogP contribution in [-0.2, 0) is 0 Å². The topological polar surface area (TPSA) is 67.2 Å². The van der Waals surface area contributed by atoms with E-state index in [-0.39, 0.29) is 6.03 Å². The molecule has 0 radical (unpaired) electrons. The van der Waals surface area contributed by atoms with Crippen LogP contribution in [0.25, 0.3) is 0 Å². The van der Waals surface area contributed by atoms with E-state index in [1.165, 1.54) is 0 Å². The summed E-state index contributed by atoms with van der Waals surface area (Å²) in [6.07, 6.45) is 0.835. The molecule has 0 aromatic heterocycles. The molecule has 0 unspecified atom stereocenters. The van der Waals surface area contributed by atoms with Gasteiger partial charge in [-0.1, -0.05) is 19.6 Å². The van der Waals surface area contributed by atoms with Crippen molar-refractivity contribution < 1.29 is 4.79 Å². The minimum atomic E-state index is -1.02. The third-order valence-electron chi connectivity index (χ3n) is 1.83. The summed E-state index contributed by atoms with van der Waals surface area (Å²) in [7, 11) is -1.02. The van der Waals surface area contributed by atoms with Crippen molar-refractivity contribution in [3.63, 3.8) is 0 Å². The SMILES string of the molecule is C[Si](C)(C)CCNC(=O)NCCCN. The van der Waals surface area contributed by atoms with Gasteiger partial charge in [-0.2, -0.15) is 0 Å². The van der Waals surface area contributed by atoms with E-state index in [4.69, 9.17) is 5.73 Å². The van der Waals surface area contributed by atoms with E-state index >= 15 is 0 Å². The molecule has 0 atom stereocenters. The average Bonchev–Trinajstić information content (AvgIpc) is 2.02. The number of carbonyl (C=O) groups excluding carboxylic acids is 1. The highest BCUT2D eigenvalue weighted by molar-refractivity contribution is 6.76. The summed E-state index contributed by atoms with van der Waals surface area (Å²) in [5.41, 5.74) is 5.31. The number of nitrogens with two attached hydrogens (primary N) is 1. The summed E-state index contributed by atoms with van der Waals surface area (Å²) < 4.78 is 0. The maximum absolute atomic E-state index is 11.2. The van der Waals surface area contributed by atoms with Crippen molar-refractivity contribution in [1.29, 1.82) is 0 Å². The van der Waals surface area contributed by atoms with Crippen molar-refractivity contribution in [1.82, 2.24) is 10.6 Å². The van der Waals surface area contributed by atoms with Crippen molar-refractivity contribution >= 4 is 14.1 Å². The first-order valence-electron chi connectivity index (χ1n) is 5.17. The van der Waals surface area contributed by atoms with Gasteiger partial charge in [0.1, 0.15) is 0 Å². The molecule has 0 aromatic rings. The molecular formula is C9H23N3OSi. The predicted octanol–water partition coefficient (Wildman–Crippen LogP) is 0.973. The predicted molar refractivity (Wildman–Crippen MR) is 63.2 cm³/mol. The van der Waals surface area contributed by atoms with E-state index in [9.17, 15) is 4.79 Å². The van der Waals surface area contributed by atoms with Gasteiger partial charge in [0.25, 0.3) is 0 Å². The summed E-state index contributed by atoms with van der Waals surface area (Å²) in [6, 6.07) is 1.05. The molecule has 4 N–H and O–H groups in total. The molecule has 0 fully saturated rings. The number of amides is 2. The second kappa shape index (κ2) is 6.84. The molecule has 0 heterocycles. The lowest BCUT2D eigenvalue weighted by molar-refractivity contribution is 0.241. The first kappa shape index (κ1) is 13.4. The van der Waals surface area contributed by atoms with Crippen LogP contribution in [0.2, 0.25) is 25.7 Å². The van der Waals surface area contributed by atoms with Crippen LogP contribution in [0, 0.1) is 0 Å². The first-order valence-corrected chi connectivity index (χ1v) is 8.88. The fourth-order valence-corrected chi connectivity index (χ4v) is 1.79. The quantitative estimate of drug-likeness (QED) is 0.458. The molecule has 84 valence electrons. The minimum absolute atomic E-state index is 0.0725. The molecule has 14 heavy (non-hydrogen) atoms. The standard InChI is InChI=1S/C9H23N3OSi/c1-14(2,3)8-7-12-9(13)11-6-4-5-10/h4-8,10H2,1-3H3,(H2,11,12,13). The summed E-state index contributed by atoms with van der Waals surface area (Å²) >= 11 is 0.